The number of amides is 1. The van der Waals surface area contributed by atoms with Crippen LogP contribution in [-0.4, -0.2) is 51.9 Å². The van der Waals surface area contributed by atoms with Gasteiger partial charge in [-0.1, -0.05) is 24.3 Å². The summed E-state index contributed by atoms with van der Waals surface area (Å²) in [7, 11) is 0. The molecule has 2 aliphatic heterocycles. The van der Waals surface area contributed by atoms with E-state index in [1.165, 1.54) is 11.1 Å². The van der Waals surface area contributed by atoms with Crippen molar-refractivity contribution in [1.29, 1.82) is 0 Å². The molecule has 3 heterocycles. The highest BCUT2D eigenvalue weighted by Gasteiger charge is 2.27. The van der Waals surface area contributed by atoms with Gasteiger partial charge < -0.3 is 9.88 Å². The molecule has 2 aliphatic rings. The average molecular weight is 366 g/mol. The predicted molar refractivity (Wildman–Crippen MR) is 104 cm³/mol. The first-order valence-electron chi connectivity index (χ1n) is 9.73. The Labute approximate surface area is 159 Å². The molecule has 142 valence electrons. The lowest BCUT2D eigenvalue weighted by atomic mass is 9.93. The number of carbonyl (C=O) groups excluding carboxylic acids is 1. The van der Waals surface area contributed by atoms with E-state index in [4.69, 9.17) is 0 Å². The van der Waals surface area contributed by atoms with Gasteiger partial charge in [0, 0.05) is 38.2 Å². The van der Waals surface area contributed by atoms with E-state index in [1.54, 1.807) is 13.0 Å². The quantitative estimate of drug-likeness (QED) is 0.900. The zero-order valence-electron chi connectivity index (χ0n) is 15.8. The van der Waals surface area contributed by atoms with Gasteiger partial charge >= 0.3 is 0 Å². The fourth-order valence-corrected chi connectivity index (χ4v) is 4.22. The first-order chi connectivity index (χ1) is 13.1. The summed E-state index contributed by atoms with van der Waals surface area (Å²) >= 11 is 0. The van der Waals surface area contributed by atoms with Crippen LogP contribution in [0.5, 0.6) is 0 Å². The van der Waals surface area contributed by atoms with Gasteiger partial charge in [0.05, 0.1) is 12.2 Å². The number of piperidine rings is 1. The van der Waals surface area contributed by atoms with Gasteiger partial charge in [0.15, 0.2) is 0 Å². The van der Waals surface area contributed by atoms with Crippen LogP contribution in [0.25, 0.3) is 0 Å². The van der Waals surface area contributed by atoms with Crippen molar-refractivity contribution in [3.63, 3.8) is 0 Å². The van der Waals surface area contributed by atoms with Gasteiger partial charge in [-0.15, -0.1) is 0 Å². The van der Waals surface area contributed by atoms with E-state index in [2.05, 4.69) is 39.1 Å². The Morgan fingerprint density at radius 1 is 1.19 bits per heavy atom. The molecule has 6 heteroatoms. The number of H-pyrrole nitrogens is 1. The fraction of sp³-hybridized carbons (Fsp3) is 0.476. The molecule has 0 bridgehead atoms. The molecular weight excluding hydrogens is 340 g/mol. The minimum Gasteiger partial charge on any atom is -0.342 e. The number of likely N-dealkylation sites (tertiary alicyclic amines) is 1. The van der Waals surface area contributed by atoms with Gasteiger partial charge in [-0.2, -0.15) is 0 Å². The lowest BCUT2D eigenvalue weighted by molar-refractivity contribution is -0.133. The van der Waals surface area contributed by atoms with Crippen molar-refractivity contribution in [2.75, 3.05) is 26.2 Å². The topological polar surface area (TPSA) is 69.3 Å². The van der Waals surface area contributed by atoms with Crippen LogP contribution in [0.3, 0.4) is 0 Å². The Hall–Kier alpha value is -2.47. The van der Waals surface area contributed by atoms with E-state index in [1.807, 2.05) is 4.90 Å². The molecule has 1 aromatic heterocycles. The number of aromatic nitrogens is 2. The lowest BCUT2D eigenvalue weighted by Crippen LogP contribution is -2.45. The molecule has 4 rings (SSSR count). The first kappa shape index (κ1) is 17.9. The van der Waals surface area contributed by atoms with Gasteiger partial charge in [-0.3, -0.25) is 14.5 Å². The minimum atomic E-state index is -0.0959. The van der Waals surface area contributed by atoms with Crippen LogP contribution in [0, 0.1) is 6.92 Å². The number of rotatable bonds is 3. The van der Waals surface area contributed by atoms with Crippen molar-refractivity contribution in [3.05, 3.63) is 63.3 Å². The molecule has 1 saturated heterocycles. The van der Waals surface area contributed by atoms with Gasteiger partial charge in [0.1, 0.15) is 5.82 Å². The molecule has 27 heavy (non-hydrogen) atoms. The fourth-order valence-electron chi connectivity index (χ4n) is 4.22. The van der Waals surface area contributed by atoms with Crippen LogP contribution in [0.2, 0.25) is 0 Å². The molecule has 1 aromatic carbocycles. The van der Waals surface area contributed by atoms with E-state index < -0.39 is 0 Å². The Morgan fingerprint density at radius 2 is 1.93 bits per heavy atom. The molecule has 1 fully saturated rings. The van der Waals surface area contributed by atoms with Crippen molar-refractivity contribution in [1.82, 2.24) is 19.8 Å². The SMILES string of the molecule is Cc1nc(C2CCN(C(=O)CN3CCc4ccccc4C3)CC2)cc(=O)[nH]1. The largest absolute Gasteiger partial charge is 0.342 e. The maximum Gasteiger partial charge on any atom is 0.251 e. The van der Waals surface area contributed by atoms with E-state index in [9.17, 15) is 9.59 Å². The number of aromatic amines is 1. The lowest BCUT2D eigenvalue weighted by Gasteiger charge is -2.34. The third kappa shape index (κ3) is 4.11. The average Bonchev–Trinajstić information content (AvgIpc) is 2.67. The number of fused-ring (bicyclic) bond motifs is 1. The monoisotopic (exact) mass is 366 g/mol. The molecular formula is C21H26N4O2. The Morgan fingerprint density at radius 3 is 2.67 bits per heavy atom. The number of nitrogens with one attached hydrogen (secondary N) is 1. The molecule has 1 amide bonds. The van der Waals surface area contributed by atoms with Gasteiger partial charge in [-0.25, -0.2) is 4.98 Å². The normalized spacial score (nSPS) is 18.3. The molecule has 0 unspecified atom stereocenters. The van der Waals surface area contributed by atoms with E-state index in [-0.39, 0.29) is 17.4 Å². The van der Waals surface area contributed by atoms with Crippen LogP contribution in [-0.2, 0) is 17.8 Å². The summed E-state index contributed by atoms with van der Waals surface area (Å²) in [5.41, 5.74) is 3.51. The van der Waals surface area contributed by atoms with Crippen molar-refractivity contribution in [2.45, 2.75) is 38.6 Å². The second-order valence-corrected chi connectivity index (χ2v) is 7.64. The standard InChI is InChI=1S/C21H26N4O2/c1-15-22-19(12-20(26)23-15)17-7-10-25(11-8-17)21(27)14-24-9-6-16-4-2-3-5-18(16)13-24/h2-5,12,17H,6-11,13-14H2,1H3,(H,22,23,26). The second kappa shape index (κ2) is 7.64. The Bertz CT molecular complexity index is 884. The maximum atomic E-state index is 12.7. The highest BCUT2D eigenvalue weighted by Crippen LogP contribution is 2.26. The third-order valence-corrected chi connectivity index (χ3v) is 5.71. The number of aryl methyl sites for hydroxylation is 1. The van der Waals surface area contributed by atoms with Crippen LogP contribution in [0.1, 0.15) is 41.4 Å². The highest BCUT2D eigenvalue weighted by atomic mass is 16.2. The van der Waals surface area contributed by atoms with Gasteiger partial charge in [-0.05, 0) is 37.3 Å². The predicted octanol–water partition coefficient (Wildman–Crippen LogP) is 1.84. The Balaban J connectivity index is 1.32. The first-order valence-corrected chi connectivity index (χ1v) is 9.73. The van der Waals surface area contributed by atoms with E-state index >= 15 is 0 Å². The molecule has 0 atom stereocenters. The number of benzene rings is 1. The third-order valence-electron chi connectivity index (χ3n) is 5.71. The molecule has 0 spiro atoms. The second-order valence-electron chi connectivity index (χ2n) is 7.64. The maximum absolute atomic E-state index is 12.7. The summed E-state index contributed by atoms with van der Waals surface area (Å²) in [4.78, 5) is 35.8. The number of hydrogen-bond donors (Lipinski definition) is 1. The summed E-state index contributed by atoms with van der Waals surface area (Å²) in [6, 6.07) is 10.1. The molecule has 2 aromatic rings. The number of hydrogen-bond acceptors (Lipinski definition) is 4. The van der Waals surface area contributed by atoms with Crippen LogP contribution >= 0.6 is 0 Å². The molecule has 1 N–H and O–H groups in total. The summed E-state index contributed by atoms with van der Waals surface area (Å²) in [6.45, 7) is 5.56. The van der Waals surface area contributed by atoms with Crippen LogP contribution in [0.4, 0.5) is 0 Å². The number of nitrogens with zero attached hydrogens (tertiary/aromatic N) is 3. The molecule has 0 aliphatic carbocycles. The summed E-state index contributed by atoms with van der Waals surface area (Å²) < 4.78 is 0. The van der Waals surface area contributed by atoms with Crippen molar-refractivity contribution < 1.29 is 4.79 Å². The van der Waals surface area contributed by atoms with Crippen molar-refractivity contribution in [2.24, 2.45) is 0 Å². The Kier molecular flexibility index (Phi) is 5.07. The van der Waals surface area contributed by atoms with E-state index in [0.717, 1.165) is 51.1 Å². The minimum absolute atomic E-state index is 0.0959. The van der Waals surface area contributed by atoms with E-state index in [0.29, 0.717) is 12.4 Å². The van der Waals surface area contributed by atoms with Gasteiger partial charge in [0.25, 0.3) is 5.56 Å². The molecule has 0 saturated carbocycles. The van der Waals surface area contributed by atoms with Crippen LogP contribution in [0.15, 0.2) is 35.1 Å². The smallest absolute Gasteiger partial charge is 0.251 e. The van der Waals surface area contributed by atoms with Crippen LogP contribution < -0.4 is 5.56 Å². The molecule has 6 nitrogen and oxygen atoms in total. The summed E-state index contributed by atoms with van der Waals surface area (Å²) in [5, 5.41) is 0. The van der Waals surface area contributed by atoms with Gasteiger partial charge in [0.2, 0.25) is 5.91 Å². The summed E-state index contributed by atoms with van der Waals surface area (Å²) in [6.07, 6.45) is 2.74. The summed E-state index contributed by atoms with van der Waals surface area (Å²) in [5.74, 6) is 1.13. The number of carbonyl (C=O) groups is 1. The zero-order chi connectivity index (χ0) is 18.8. The highest BCUT2D eigenvalue weighted by molar-refractivity contribution is 5.78. The zero-order valence-corrected chi connectivity index (χ0v) is 15.8. The van der Waals surface area contributed by atoms with Crippen molar-refractivity contribution >= 4 is 5.91 Å². The molecule has 0 radical (unpaired) electrons. The van der Waals surface area contributed by atoms with Crippen molar-refractivity contribution in [3.8, 4) is 0 Å².